The third-order valence-electron chi connectivity index (χ3n) is 5.08. The fraction of sp³-hybridized carbons (Fsp3) is 0.316. The molecule has 0 aliphatic carbocycles. The lowest BCUT2D eigenvalue weighted by atomic mass is 10.0. The maximum absolute atomic E-state index is 12.6. The first-order valence-corrected chi connectivity index (χ1v) is 9.54. The van der Waals surface area contributed by atoms with Crippen molar-refractivity contribution in [2.75, 3.05) is 11.9 Å². The van der Waals surface area contributed by atoms with Gasteiger partial charge >= 0.3 is 6.18 Å². The van der Waals surface area contributed by atoms with Gasteiger partial charge in [-0.15, -0.1) is 10.2 Å². The Morgan fingerprint density at radius 1 is 1.19 bits per heavy atom. The summed E-state index contributed by atoms with van der Waals surface area (Å²) in [6, 6.07) is 7.09. The molecule has 12 heteroatoms. The molecule has 1 aliphatic rings. The number of halogens is 3. The first-order valence-electron chi connectivity index (χ1n) is 9.54. The second-order valence-corrected chi connectivity index (χ2v) is 7.23. The van der Waals surface area contributed by atoms with Crippen LogP contribution < -0.4 is 10.1 Å². The van der Waals surface area contributed by atoms with Crippen LogP contribution in [0.25, 0.3) is 16.9 Å². The molecule has 0 radical (unpaired) electrons. The van der Waals surface area contributed by atoms with Crippen LogP contribution in [0.4, 0.5) is 24.9 Å². The van der Waals surface area contributed by atoms with Gasteiger partial charge in [-0.05, 0) is 18.6 Å². The highest BCUT2D eigenvalue weighted by Gasteiger charge is 2.33. The van der Waals surface area contributed by atoms with Gasteiger partial charge in [0.15, 0.2) is 5.65 Å². The molecular formula is C19H17F3N8O. The summed E-state index contributed by atoms with van der Waals surface area (Å²) >= 11 is 0. The lowest BCUT2D eigenvalue weighted by Gasteiger charge is -2.23. The molecule has 4 aromatic heterocycles. The zero-order valence-corrected chi connectivity index (χ0v) is 16.3. The van der Waals surface area contributed by atoms with Crippen LogP contribution in [-0.4, -0.2) is 47.1 Å². The average molecular weight is 430 g/mol. The monoisotopic (exact) mass is 430 g/mol. The van der Waals surface area contributed by atoms with Crippen molar-refractivity contribution in [3.05, 3.63) is 42.5 Å². The molecule has 9 nitrogen and oxygen atoms in total. The van der Waals surface area contributed by atoms with E-state index in [-0.39, 0.29) is 13.0 Å². The Bertz CT molecular complexity index is 1250. The van der Waals surface area contributed by atoms with E-state index in [0.29, 0.717) is 29.0 Å². The quantitative estimate of drug-likeness (QED) is 0.518. The van der Waals surface area contributed by atoms with Crippen LogP contribution in [-0.2, 0) is 7.05 Å². The smallest absolute Gasteiger partial charge is 0.389 e. The van der Waals surface area contributed by atoms with Gasteiger partial charge in [-0.1, -0.05) is 0 Å². The highest BCUT2D eigenvalue weighted by atomic mass is 19.4. The van der Waals surface area contributed by atoms with Crippen molar-refractivity contribution >= 4 is 17.4 Å². The Morgan fingerprint density at radius 2 is 2.06 bits per heavy atom. The van der Waals surface area contributed by atoms with Crippen LogP contribution in [0, 0.1) is 0 Å². The Labute approximate surface area is 173 Å². The molecule has 0 spiro atoms. The summed E-state index contributed by atoms with van der Waals surface area (Å²) < 4.78 is 47.0. The molecule has 1 unspecified atom stereocenters. The maximum Gasteiger partial charge on any atom is 0.389 e. The maximum atomic E-state index is 12.6. The van der Waals surface area contributed by atoms with E-state index in [1.54, 1.807) is 52.8 Å². The zero-order valence-electron chi connectivity index (χ0n) is 16.3. The second-order valence-electron chi connectivity index (χ2n) is 7.23. The van der Waals surface area contributed by atoms with E-state index < -0.39 is 18.5 Å². The van der Waals surface area contributed by atoms with Crippen molar-refractivity contribution in [1.82, 2.24) is 34.3 Å². The van der Waals surface area contributed by atoms with E-state index in [9.17, 15) is 13.2 Å². The minimum atomic E-state index is -4.22. The molecule has 0 saturated heterocycles. The number of hydrogen-bond acceptors (Lipinski definition) is 7. The van der Waals surface area contributed by atoms with Crippen LogP contribution >= 0.6 is 0 Å². The van der Waals surface area contributed by atoms with E-state index in [0.717, 1.165) is 11.4 Å². The lowest BCUT2D eigenvalue weighted by Crippen LogP contribution is -2.22. The van der Waals surface area contributed by atoms with Crippen molar-refractivity contribution in [3.8, 4) is 17.1 Å². The van der Waals surface area contributed by atoms with Crippen LogP contribution in [0.1, 0.15) is 24.6 Å². The Balaban J connectivity index is 1.45. The van der Waals surface area contributed by atoms with Gasteiger partial charge in [0.1, 0.15) is 11.6 Å². The van der Waals surface area contributed by atoms with E-state index in [1.165, 1.54) is 0 Å². The first kappa shape index (κ1) is 19.3. The van der Waals surface area contributed by atoms with Crippen molar-refractivity contribution in [2.24, 2.45) is 7.05 Å². The number of nitrogens with one attached hydrogen (secondary N) is 1. The third-order valence-corrected chi connectivity index (χ3v) is 5.08. The number of aryl methyl sites for hydroxylation is 1. The summed E-state index contributed by atoms with van der Waals surface area (Å²) in [5.41, 5.74) is 1.84. The number of ether oxygens (including phenoxy) is 1. The molecule has 4 aromatic rings. The molecule has 0 bridgehead atoms. The molecule has 31 heavy (non-hydrogen) atoms. The number of rotatable bonds is 5. The highest BCUT2D eigenvalue weighted by molar-refractivity contribution is 5.67. The molecule has 1 aliphatic heterocycles. The topological polar surface area (TPSA) is 95.1 Å². The van der Waals surface area contributed by atoms with Crippen LogP contribution in [0.15, 0.2) is 36.7 Å². The zero-order chi connectivity index (χ0) is 21.6. The molecule has 0 fully saturated rings. The van der Waals surface area contributed by atoms with Crippen LogP contribution in [0.3, 0.4) is 0 Å². The fourth-order valence-electron chi connectivity index (χ4n) is 3.53. The normalized spacial score (nSPS) is 15.8. The van der Waals surface area contributed by atoms with Gasteiger partial charge < -0.3 is 10.1 Å². The highest BCUT2D eigenvalue weighted by Crippen LogP contribution is 2.35. The standard InChI is InChI=1S/C19H17F3N8O/c1-29-14(4-7-24-29)26-18-23-6-3-13(25-18)12-8-15-27-28-17-11(2-5-19(20,21)22)10-31-16(9-12)30(15)17/h3-4,6-9,11H,2,5,10H2,1H3,(H,23,25,26). The third kappa shape index (κ3) is 3.76. The molecule has 160 valence electrons. The summed E-state index contributed by atoms with van der Waals surface area (Å²) in [5, 5.41) is 15.5. The minimum Gasteiger partial charge on any atom is -0.478 e. The van der Waals surface area contributed by atoms with Gasteiger partial charge in [0.2, 0.25) is 11.8 Å². The molecule has 1 N–H and O–H groups in total. The molecule has 0 amide bonds. The fourth-order valence-corrected chi connectivity index (χ4v) is 3.53. The molecular weight excluding hydrogens is 413 g/mol. The Kier molecular flexibility index (Phi) is 4.49. The number of aromatic nitrogens is 7. The SMILES string of the molecule is Cn1nccc1Nc1nccc(-c2cc3n4c(nnc4c2)C(CCC(F)(F)F)CO3)n1. The molecule has 5 heterocycles. The van der Waals surface area contributed by atoms with E-state index >= 15 is 0 Å². The van der Waals surface area contributed by atoms with Crippen LogP contribution in [0.5, 0.6) is 5.88 Å². The van der Waals surface area contributed by atoms with Gasteiger partial charge in [0.05, 0.1) is 24.4 Å². The average Bonchev–Trinajstić information content (AvgIpc) is 3.34. The van der Waals surface area contributed by atoms with E-state index in [1.807, 2.05) is 0 Å². The van der Waals surface area contributed by atoms with E-state index in [4.69, 9.17) is 4.74 Å². The number of alkyl halides is 3. The van der Waals surface area contributed by atoms with Gasteiger partial charge in [0, 0.05) is 37.4 Å². The summed E-state index contributed by atoms with van der Waals surface area (Å²) in [6.07, 6.45) is -1.92. The van der Waals surface area contributed by atoms with Crippen molar-refractivity contribution in [3.63, 3.8) is 0 Å². The Hall–Kier alpha value is -3.70. The number of nitrogens with zero attached hydrogens (tertiary/aromatic N) is 7. The van der Waals surface area contributed by atoms with Crippen LogP contribution in [0.2, 0.25) is 0 Å². The largest absolute Gasteiger partial charge is 0.478 e. The van der Waals surface area contributed by atoms with Gasteiger partial charge in [0.25, 0.3) is 0 Å². The Morgan fingerprint density at radius 3 is 2.84 bits per heavy atom. The second kappa shape index (κ2) is 7.22. The molecule has 1 atom stereocenters. The molecule has 5 rings (SSSR count). The van der Waals surface area contributed by atoms with Crippen molar-refractivity contribution < 1.29 is 17.9 Å². The lowest BCUT2D eigenvalue weighted by molar-refractivity contribution is -0.136. The minimum absolute atomic E-state index is 0.0968. The van der Waals surface area contributed by atoms with Crippen molar-refractivity contribution in [2.45, 2.75) is 24.9 Å². The summed E-state index contributed by atoms with van der Waals surface area (Å²) in [6.45, 7) is 0.115. The molecule has 0 aromatic carbocycles. The predicted molar refractivity (Wildman–Crippen MR) is 104 cm³/mol. The summed E-state index contributed by atoms with van der Waals surface area (Å²) in [4.78, 5) is 8.77. The predicted octanol–water partition coefficient (Wildman–Crippen LogP) is 3.48. The molecule has 0 saturated carbocycles. The summed E-state index contributed by atoms with van der Waals surface area (Å²) in [5.74, 6) is 1.61. The van der Waals surface area contributed by atoms with Gasteiger partial charge in [-0.25, -0.2) is 14.4 Å². The first-order chi connectivity index (χ1) is 14.9. The summed E-state index contributed by atoms with van der Waals surface area (Å²) in [7, 11) is 1.80. The van der Waals surface area contributed by atoms with E-state index in [2.05, 4.69) is 30.6 Å². The van der Waals surface area contributed by atoms with Gasteiger partial charge in [-0.2, -0.15) is 18.3 Å². The number of anilines is 2. The number of pyridine rings is 1. The number of hydrogen-bond donors (Lipinski definition) is 1. The van der Waals surface area contributed by atoms with Crippen molar-refractivity contribution in [1.29, 1.82) is 0 Å². The van der Waals surface area contributed by atoms with Gasteiger partial charge in [-0.3, -0.25) is 4.68 Å².